The summed E-state index contributed by atoms with van der Waals surface area (Å²) >= 11 is 0. The zero-order valence-corrected chi connectivity index (χ0v) is 11.9. The molecule has 1 aromatic rings. The SMILES string of the molecule is O=C(CC(F)(F)C(F)(F)F)N[C@@H]1CCCO[C@H]1c1ccncc1. The van der Waals surface area contributed by atoms with Crippen LogP contribution in [0, 0.1) is 0 Å². The van der Waals surface area contributed by atoms with Crippen LogP contribution in [0.5, 0.6) is 0 Å². The van der Waals surface area contributed by atoms with Crippen LogP contribution in [0.4, 0.5) is 22.0 Å². The van der Waals surface area contributed by atoms with Gasteiger partial charge in [0.1, 0.15) is 6.10 Å². The average molecular weight is 338 g/mol. The van der Waals surface area contributed by atoms with Gasteiger partial charge < -0.3 is 10.1 Å². The highest BCUT2D eigenvalue weighted by Gasteiger charge is 2.58. The zero-order chi connectivity index (χ0) is 17.1. The number of amides is 1. The van der Waals surface area contributed by atoms with Crippen LogP contribution in [0.3, 0.4) is 0 Å². The van der Waals surface area contributed by atoms with E-state index in [0.717, 1.165) is 0 Å². The van der Waals surface area contributed by atoms with E-state index in [1.165, 1.54) is 12.4 Å². The molecular formula is C14H15F5N2O2. The molecule has 1 saturated heterocycles. The van der Waals surface area contributed by atoms with Gasteiger partial charge in [0, 0.05) is 19.0 Å². The summed E-state index contributed by atoms with van der Waals surface area (Å²) in [5.41, 5.74) is 0.674. The summed E-state index contributed by atoms with van der Waals surface area (Å²) in [5.74, 6) is -6.42. The van der Waals surface area contributed by atoms with Gasteiger partial charge in [0.2, 0.25) is 5.91 Å². The van der Waals surface area contributed by atoms with E-state index in [4.69, 9.17) is 4.74 Å². The van der Waals surface area contributed by atoms with Crippen molar-refractivity contribution in [2.45, 2.75) is 43.5 Å². The molecule has 0 spiro atoms. The molecule has 1 N–H and O–H groups in total. The molecule has 2 atom stereocenters. The lowest BCUT2D eigenvalue weighted by Gasteiger charge is -2.33. The largest absolute Gasteiger partial charge is 0.453 e. The zero-order valence-electron chi connectivity index (χ0n) is 11.9. The highest BCUT2D eigenvalue weighted by molar-refractivity contribution is 5.77. The van der Waals surface area contributed by atoms with Crippen molar-refractivity contribution >= 4 is 5.91 Å². The van der Waals surface area contributed by atoms with Gasteiger partial charge in [-0.1, -0.05) is 0 Å². The highest BCUT2D eigenvalue weighted by atomic mass is 19.4. The van der Waals surface area contributed by atoms with E-state index in [9.17, 15) is 26.7 Å². The Kier molecular flexibility index (Phi) is 5.18. The molecule has 0 unspecified atom stereocenters. The first-order chi connectivity index (χ1) is 10.7. The molecular weight excluding hydrogens is 323 g/mol. The van der Waals surface area contributed by atoms with E-state index >= 15 is 0 Å². The summed E-state index contributed by atoms with van der Waals surface area (Å²) < 4.78 is 67.8. The molecule has 4 nitrogen and oxygen atoms in total. The number of halogens is 5. The third kappa shape index (κ3) is 4.37. The summed E-state index contributed by atoms with van der Waals surface area (Å²) in [5, 5.41) is 2.23. The average Bonchev–Trinajstić information content (AvgIpc) is 2.47. The fourth-order valence-electron chi connectivity index (χ4n) is 2.37. The topological polar surface area (TPSA) is 51.2 Å². The van der Waals surface area contributed by atoms with Crippen molar-refractivity contribution < 1.29 is 31.5 Å². The molecule has 0 aliphatic carbocycles. The van der Waals surface area contributed by atoms with Gasteiger partial charge in [-0.3, -0.25) is 9.78 Å². The van der Waals surface area contributed by atoms with Crippen molar-refractivity contribution in [2.24, 2.45) is 0 Å². The molecule has 0 saturated carbocycles. The summed E-state index contributed by atoms with van der Waals surface area (Å²) in [6.07, 6.45) is -4.28. The summed E-state index contributed by atoms with van der Waals surface area (Å²) in [4.78, 5) is 15.4. The Labute approximate surface area is 129 Å². The van der Waals surface area contributed by atoms with E-state index < -0.39 is 36.6 Å². The lowest BCUT2D eigenvalue weighted by atomic mass is 9.96. The van der Waals surface area contributed by atoms with Gasteiger partial charge in [0.25, 0.3) is 0 Å². The van der Waals surface area contributed by atoms with E-state index in [0.29, 0.717) is 25.0 Å². The molecule has 1 aromatic heterocycles. The first-order valence-corrected chi connectivity index (χ1v) is 6.96. The number of alkyl halides is 5. The Hall–Kier alpha value is -1.77. The van der Waals surface area contributed by atoms with E-state index in [1.807, 2.05) is 0 Å². The summed E-state index contributed by atoms with van der Waals surface area (Å²) in [7, 11) is 0. The standard InChI is InChI=1S/C14H15F5N2O2/c15-13(16,14(17,18)19)8-11(22)21-10-2-1-7-23-12(10)9-3-5-20-6-4-9/h3-6,10,12H,1-2,7-8H2,(H,21,22)/t10-,12+/m1/s1. The smallest absolute Gasteiger partial charge is 0.371 e. The maximum absolute atomic E-state index is 12.9. The molecule has 1 fully saturated rings. The van der Waals surface area contributed by atoms with Gasteiger partial charge >= 0.3 is 12.1 Å². The minimum Gasteiger partial charge on any atom is -0.371 e. The van der Waals surface area contributed by atoms with E-state index in [1.54, 1.807) is 12.1 Å². The van der Waals surface area contributed by atoms with Crippen LogP contribution in [0.25, 0.3) is 0 Å². The normalized spacial score (nSPS) is 22.7. The van der Waals surface area contributed by atoms with Gasteiger partial charge in [0.15, 0.2) is 0 Å². The van der Waals surface area contributed by atoms with Crippen molar-refractivity contribution in [2.75, 3.05) is 6.61 Å². The van der Waals surface area contributed by atoms with Crippen molar-refractivity contribution in [1.29, 1.82) is 0 Å². The Morgan fingerprint density at radius 3 is 2.52 bits per heavy atom. The lowest BCUT2D eigenvalue weighted by Crippen LogP contribution is -2.47. The van der Waals surface area contributed by atoms with Crippen LogP contribution in [-0.2, 0) is 9.53 Å². The number of aromatic nitrogens is 1. The van der Waals surface area contributed by atoms with Crippen molar-refractivity contribution in [3.63, 3.8) is 0 Å². The highest BCUT2D eigenvalue weighted by Crippen LogP contribution is 2.38. The monoisotopic (exact) mass is 338 g/mol. The third-order valence-corrected chi connectivity index (χ3v) is 3.50. The molecule has 23 heavy (non-hydrogen) atoms. The first-order valence-electron chi connectivity index (χ1n) is 6.96. The predicted octanol–water partition coefficient (Wildman–Crippen LogP) is 3.01. The Morgan fingerprint density at radius 1 is 1.26 bits per heavy atom. The maximum atomic E-state index is 12.9. The molecule has 2 rings (SSSR count). The number of nitrogens with one attached hydrogen (secondary N) is 1. The predicted molar refractivity (Wildman–Crippen MR) is 69.7 cm³/mol. The van der Waals surface area contributed by atoms with E-state index in [-0.39, 0.29) is 0 Å². The second-order valence-electron chi connectivity index (χ2n) is 5.27. The lowest BCUT2D eigenvalue weighted by molar-refractivity contribution is -0.282. The number of rotatable bonds is 4. The minimum atomic E-state index is -5.75. The van der Waals surface area contributed by atoms with Crippen molar-refractivity contribution in [1.82, 2.24) is 10.3 Å². The number of pyridine rings is 1. The second-order valence-corrected chi connectivity index (χ2v) is 5.27. The van der Waals surface area contributed by atoms with Crippen LogP contribution >= 0.6 is 0 Å². The van der Waals surface area contributed by atoms with E-state index in [2.05, 4.69) is 10.3 Å². The van der Waals surface area contributed by atoms with Gasteiger partial charge in [-0.15, -0.1) is 0 Å². The Bertz CT molecular complexity index is 536. The van der Waals surface area contributed by atoms with Crippen molar-refractivity contribution in [3.8, 4) is 0 Å². The summed E-state index contributed by atoms with van der Waals surface area (Å²) in [6.45, 7) is 0.415. The molecule has 9 heteroatoms. The maximum Gasteiger partial charge on any atom is 0.453 e. The Balaban J connectivity index is 2.03. The Morgan fingerprint density at radius 2 is 1.91 bits per heavy atom. The number of carbonyl (C=O) groups excluding carboxylic acids is 1. The van der Waals surface area contributed by atoms with Crippen LogP contribution in [0.1, 0.15) is 30.9 Å². The molecule has 1 aliphatic rings. The van der Waals surface area contributed by atoms with Crippen LogP contribution in [0.2, 0.25) is 0 Å². The number of hydrogen-bond donors (Lipinski definition) is 1. The quantitative estimate of drug-likeness (QED) is 0.859. The molecule has 1 aliphatic heterocycles. The van der Waals surface area contributed by atoms with Crippen LogP contribution in [0.15, 0.2) is 24.5 Å². The minimum absolute atomic E-state index is 0.415. The fraction of sp³-hybridized carbons (Fsp3) is 0.571. The van der Waals surface area contributed by atoms with Gasteiger partial charge in [-0.2, -0.15) is 22.0 Å². The van der Waals surface area contributed by atoms with Gasteiger partial charge in [-0.05, 0) is 30.5 Å². The van der Waals surface area contributed by atoms with Crippen LogP contribution in [-0.4, -0.2) is 35.6 Å². The number of carbonyl (C=O) groups is 1. The molecule has 1 amide bonds. The molecule has 0 radical (unpaired) electrons. The molecule has 128 valence electrons. The number of nitrogens with zero attached hydrogens (tertiary/aromatic N) is 1. The molecule has 2 heterocycles. The second kappa shape index (κ2) is 6.77. The molecule has 0 aromatic carbocycles. The third-order valence-electron chi connectivity index (χ3n) is 3.50. The van der Waals surface area contributed by atoms with Gasteiger partial charge in [0.05, 0.1) is 12.5 Å². The van der Waals surface area contributed by atoms with Gasteiger partial charge in [-0.25, -0.2) is 0 Å². The fourth-order valence-corrected chi connectivity index (χ4v) is 2.37. The number of hydrogen-bond acceptors (Lipinski definition) is 3. The molecule has 0 bridgehead atoms. The summed E-state index contributed by atoms with van der Waals surface area (Å²) in [6, 6.07) is 2.61. The number of ether oxygens (including phenoxy) is 1. The van der Waals surface area contributed by atoms with Crippen molar-refractivity contribution in [3.05, 3.63) is 30.1 Å². The first kappa shape index (κ1) is 17.6. The van der Waals surface area contributed by atoms with Crippen LogP contribution < -0.4 is 5.32 Å².